The van der Waals surface area contributed by atoms with E-state index in [2.05, 4.69) is 47.7 Å². The van der Waals surface area contributed by atoms with E-state index in [4.69, 9.17) is 0 Å². The summed E-state index contributed by atoms with van der Waals surface area (Å²) in [6.45, 7) is 17.3. The van der Waals surface area contributed by atoms with Gasteiger partial charge in [-0.25, -0.2) is 0 Å². The molecule has 13 heavy (non-hydrogen) atoms. The Kier molecular flexibility index (Phi) is 3.24. The van der Waals surface area contributed by atoms with E-state index in [9.17, 15) is 0 Å². The van der Waals surface area contributed by atoms with E-state index in [1.54, 1.807) is 0 Å². The molecule has 2 nitrogen and oxygen atoms in total. The summed E-state index contributed by atoms with van der Waals surface area (Å²) in [6.07, 6.45) is 0. The highest BCUT2D eigenvalue weighted by atomic mass is 28.4. The molecule has 0 aromatic heterocycles. The van der Waals surface area contributed by atoms with E-state index in [0.29, 0.717) is 0 Å². The quantitative estimate of drug-likeness (QED) is 0.668. The van der Waals surface area contributed by atoms with Gasteiger partial charge in [0, 0.05) is 0 Å². The molecule has 1 saturated heterocycles. The summed E-state index contributed by atoms with van der Waals surface area (Å²) in [6, 6.07) is 0. The Labute approximate surface area is 87.5 Å². The molecular formula is C8H22N2Si3. The highest BCUT2D eigenvalue weighted by molar-refractivity contribution is 6.84. The van der Waals surface area contributed by atoms with Crippen LogP contribution in [0.15, 0.2) is 0 Å². The summed E-state index contributed by atoms with van der Waals surface area (Å²) >= 11 is 0. The van der Waals surface area contributed by atoms with E-state index in [1.165, 1.54) is 13.1 Å². The third kappa shape index (κ3) is 3.02. The average molecular weight is 231 g/mol. The van der Waals surface area contributed by atoms with Crippen molar-refractivity contribution in [2.24, 2.45) is 0 Å². The van der Waals surface area contributed by atoms with Crippen molar-refractivity contribution in [3.05, 3.63) is 0 Å². The summed E-state index contributed by atoms with van der Waals surface area (Å²) in [5, 5.41) is 0. The molecule has 1 heterocycles. The molecule has 0 N–H and O–H groups in total. The summed E-state index contributed by atoms with van der Waals surface area (Å²) in [5.74, 6) is 0. The van der Waals surface area contributed by atoms with Crippen molar-refractivity contribution in [1.29, 1.82) is 0 Å². The van der Waals surface area contributed by atoms with Crippen molar-refractivity contribution in [2.75, 3.05) is 13.1 Å². The molecule has 0 atom stereocenters. The fourth-order valence-electron chi connectivity index (χ4n) is 1.42. The molecule has 0 aromatic rings. The Hall–Kier alpha value is 0.571. The van der Waals surface area contributed by atoms with Crippen LogP contribution in [0.25, 0.3) is 0 Å². The fourth-order valence-corrected chi connectivity index (χ4v) is 7.07. The molecule has 0 saturated carbocycles. The Balaban J connectivity index is 2.55. The molecule has 1 aliphatic heterocycles. The minimum atomic E-state index is -1.02. The SMILES string of the molecule is C[Si](C)(C)N1CCN([Si](C)(C)C)[Si]1. The van der Waals surface area contributed by atoms with Crippen LogP contribution in [-0.4, -0.2) is 47.9 Å². The van der Waals surface area contributed by atoms with Crippen LogP contribution >= 0.6 is 0 Å². The zero-order valence-electron chi connectivity index (χ0n) is 9.81. The second-order valence-electron chi connectivity index (χ2n) is 5.74. The standard InChI is InChI=1S/C8H22N2Si3/c1-12(2,3)9-7-8-10(11-9)13(4,5)6/h7-8H2,1-6H3. The summed E-state index contributed by atoms with van der Waals surface area (Å²) in [5.41, 5.74) is 0. The minimum absolute atomic E-state index is 0.984. The minimum Gasteiger partial charge on any atom is -0.333 e. The van der Waals surface area contributed by atoms with Crippen molar-refractivity contribution >= 4 is 26.3 Å². The number of rotatable bonds is 2. The molecule has 2 radical (unpaired) electrons. The van der Waals surface area contributed by atoms with Gasteiger partial charge in [0.2, 0.25) is 9.84 Å². The Bertz CT molecular complexity index is 163. The molecule has 1 fully saturated rings. The topological polar surface area (TPSA) is 6.48 Å². The van der Waals surface area contributed by atoms with E-state index in [-0.39, 0.29) is 0 Å². The maximum absolute atomic E-state index is 2.74. The number of nitrogens with zero attached hydrogens (tertiary/aromatic N) is 2. The third-order valence-electron chi connectivity index (χ3n) is 2.41. The molecule has 0 aromatic carbocycles. The van der Waals surface area contributed by atoms with Crippen LogP contribution in [0.4, 0.5) is 0 Å². The van der Waals surface area contributed by atoms with Gasteiger partial charge in [0.05, 0.1) is 0 Å². The van der Waals surface area contributed by atoms with E-state index >= 15 is 0 Å². The summed E-state index contributed by atoms with van der Waals surface area (Å²) in [4.78, 5) is 0. The van der Waals surface area contributed by atoms with Crippen LogP contribution in [-0.2, 0) is 0 Å². The lowest BCUT2D eigenvalue weighted by Crippen LogP contribution is -2.52. The second-order valence-corrected chi connectivity index (χ2v) is 17.7. The molecular weight excluding hydrogens is 208 g/mol. The van der Waals surface area contributed by atoms with Gasteiger partial charge in [0.15, 0.2) is 0 Å². The van der Waals surface area contributed by atoms with Gasteiger partial charge in [-0.3, -0.25) is 0 Å². The largest absolute Gasteiger partial charge is 0.333 e. The van der Waals surface area contributed by atoms with Crippen LogP contribution in [0.1, 0.15) is 0 Å². The normalized spacial score (nSPS) is 22.6. The molecule has 1 rings (SSSR count). The Morgan fingerprint density at radius 1 is 0.769 bits per heavy atom. The maximum Gasteiger partial charge on any atom is 0.236 e. The van der Waals surface area contributed by atoms with Gasteiger partial charge in [-0.15, -0.1) is 0 Å². The summed E-state index contributed by atoms with van der Waals surface area (Å²) < 4.78 is 5.48. The highest BCUT2D eigenvalue weighted by Crippen LogP contribution is 2.18. The predicted octanol–water partition coefficient (Wildman–Crippen LogP) is 1.81. The van der Waals surface area contributed by atoms with Gasteiger partial charge in [-0.05, 0) is 13.1 Å². The monoisotopic (exact) mass is 230 g/mol. The van der Waals surface area contributed by atoms with Crippen molar-refractivity contribution in [3.8, 4) is 0 Å². The van der Waals surface area contributed by atoms with Crippen molar-refractivity contribution in [3.63, 3.8) is 0 Å². The first-order valence-electron chi connectivity index (χ1n) is 5.03. The average Bonchev–Trinajstić information content (AvgIpc) is 2.28. The van der Waals surface area contributed by atoms with Gasteiger partial charge in [-0.1, -0.05) is 39.3 Å². The molecule has 0 amide bonds. The van der Waals surface area contributed by atoms with Gasteiger partial charge < -0.3 is 8.46 Å². The number of hydrogen-bond acceptors (Lipinski definition) is 2. The lowest BCUT2D eigenvalue weighted by molar-refractivity contribution is 0.654. The zero-order valence-corrected chi connectivity index (χ0v) is 12.8. The highest BCUT2D eigenvalue weighted by Gasteiger charge is 2.36. The molecule has 0 bridgehead atoms. The molecule has 76 valence electrons. The van der Waals surface area contributed by atoms with Crippen molar-refractivity contribution in [2.45, 2.75) is 39.3 Å². The van der Waals surface area contributed by atoms with E-state index < -0.39 is 16.5 Å². The van der Waals surface area contributed by atoms with Crippen LogP contribution in [0.3, 0.4) is 0 Å². The molecule has 0 spiro atoms. The van der Waals surface area contributed by atoms with Gasteiger partial charge >= 0.3 is 0 Å². The van der Waals surface area contributed by atoms with Crippen LogP contribution in [0.2, 0.25) is 39.3 Å². The van der Waals surface area contributed by atoms with Crippen LogP contribution in [0.5, 0.6) is 0 Å². The van der Waals surface area contributed by atoms with Crippen LogP contribution in [0, 0.1) is 0 Å². The molecule has 1 aliphatic rings. The Morgan fingerprint density at radius 3 is 1.23 bits per heavy atom. The van der Waals surface area contributed by atoms with Gasteiger partial charge in [-0.2, -0.15) is 0 Å². The summed E-state index contributed by atoms with van der Waals surface area (Å²) in [7, 11) is -1.05. The molecule has 0 aliphatic carbocycles. The zero-order chi connectivity index (χ0) is 10.3. The van der Waals surface area contributed by atoms with Crippen molar-refractivity contribution < 1.29 is 0 Å². The van der Waals surface area contributed by atoms with Gasteiger partial charge in [0.25, 0.3) is 0 Å². The first kappa shape index (κ1) is 11.6. The van der Waals surface area contributed by atoms with Crippen LogP contribution < -0.4 is 0 Å². The second kappa shape index (κ2) is 3.62. The number of hydrogen-bond donors (Lipinski definition) is 0. The molecule has 5 heteroatoms. The van der Waals surface area contributed by atoms with E-state index in [1.807, 2.05) is 0 Å². The van der Waals surface area contributed by atoms with Gasteiger partial charge in [0.1, 0.15) is 16.5 Å². The fraction of sp³-hybridized carbons (Fsp3) is 1.00. The lowest BCUT2D eigenvalue weighted by Gasteiger charge is -2.32. The first-order chi connectivity index (χ1) is 5.71. The lowest BCUT2D eigenvalue weighted by atomic mass is 10.7. The Morgan fingerprint density at radius 2 is 1.08 bits per heavy atom. The third-order valence-corrected chi connectivity index (χ3v) is 11.6. The first-order valence-corrected chi connectivity index (χ1v) is 12.8. The van der Waals surface area contributed by atoms with E-state index in [0.717, 1.165) is 9.84 Å². The maximum atomic E-state index is 2.74. The predicted molar refractivity (Wildman–Crippen MR) is 65.9 cm³/mol. The smallest absolute Gasteiger partial charge is 0.236 e. The van der Waals surface area contributed by atoms with Crippen molar-refractivity contribution in [1.82, 2.24) is 8.46 Å². The molecule has 0 unspecified atom stereocenters.